The van der Waals surface area contributed by atoms with E-state index in [1.54, 1.807) is 12.1 Å². The van der Waals surface area contributed by atoms with Crippen molar-refractivity contribution in [1.29, 1.82) is 0 Å². The van der Waals surface area contributed by atoms with E-state index in [0.29, 0.717) is 17.5 Å². The van der Waals surface area contributed by atoms with Gasteiger partial charge < -0.3 is 20.5 Å². The summed E-state index contributed by atoms with van der Waals surface area (Å²) in [5.74, 6) is 0.645. The summed E-state index contributed by atoms with van der Waals surface area (Å²) in [6, 6.07) is 16.0. The molecule has 3 N–H and O–H groups in total. The zero-order valence-corrected chi connectivity index (χ0v) is 17.5. The zero-order chi connectivity index (χ0) is 21.3. The molecule has 31 heavy (non-hydrogen) atoms. The fourth-order valence-corrected chi connectivity index (χ4v) is 4.87. The van der Waals surface area contributed by atoms with Crippen LogP contribution >= 0.6 is 0 Å². The molecule has 6 nitrogen and oxygen atoms in total. The highest BCUT2D eigenvalue weighted by molar-refractivity contribution is 5.92. The number of hydrogen-bond donors (Lipinski definition) is 2. The Balaban J connectivity index is 1.32. The van der Waals surface area contributed by atoms with Crippen LogP contribution in [0.1, 0.15) is 48.0 Å². The first-order valence-electron chi connectivity index (χ1n) is 10.9. The predicted molar refractivity (Wildman–Crippen MR) is 119 cm³/mol. The molecule has 2 fully saturated rings. The molecule has 1 aliphatic heterocycles. The molecule has 2 aromatic carbocycles. The molecular weight excluding hydrogens is 390 g/mol. The number of primary amides is 1. The van der Waals surface area contributed by atoms with Gasteiger partial charge in [-0.15, -0.1) is 0 Å². The van der Waals surface area contributed by atoms with Crippen molar-refractivity contribution in [2.75, 3.05) is 6.61 Å². The molecule has 1 saturated carbocycles. The molecule has 5 rings (SSSR count). The molecule has 1 unspecified atom stereocenters. The van der Waals surface area contributed by atoms with Gasteiger partial charge in [0, 0.05) is 30.2 Å². The molecule has 1 aromatic heterocycles. The Bertz CT molecular complexity index is 1090. The quantitative estimate of drug-likeness (QED) is 0.624. The summed E-state index contributed by atoms with van der Waals surface area (Å²) in [6.45, 7) is 1.59. The molecule has 6 heteroatoms. The largest absolute Gasteiger partial charge is 0.438 e. The highest BCUT2D eigenvalue weighted by atomic mass is 16.5. The third kappa shape index (κ3) is 4.13. The van der Waals surface area contributed by atoms with Crippen molar-refractivity contribution >= 4 is 16.7 Å². The molecule has 1 aliphatic carbocycles. The fourth-order valence-electron chi connectivity index (χ4n) is 4.87. The van der Waals surface area contributed by atoms with Crippen molar-refractivity contribution in [1.82, 2.24) is 10.3 Å². The molecule has 0 radical (unpaired) electrons. The maximum Gasteiger partial charge on any atom is 0.250 e. The molecule has 160 valence electrons. The van der Waals surface area contributed by atoms with Gasteiger partial charge in [-0.05, 0) is 42.3 Å². The van der Waals surface area contributed by atoms with Gasteiger partial charge in [0.05, 0.1) is 17.8 Å². The third-order valence-corrected chi connectivity index (χ3v) is 6.51. The van der Waals surface area contributed by atoms with Crippen LogP contribution in [0.4, 0.5) is 0 Å². The monoisotopic (exact) mass is 417 g/mol. The Labute approximate surface area is 181 Å². The number of nitrogens with zero attached hydrogens (tertiary/aromatic N) is 1. The normalized spacial score (nSPS) is 19.8. The van der Waals surface area contributed by atoms with Crippen molar-refractivity contribution in [3.8, 4) is 11.6 Å². The van der Waals surface area contributed by atoms with Gasteiger partial charge in [0.2, 0.25) is 11.8 Å². The maximum absolute atomic E-state index is 11.2. The van der Waals surface area contributed by atoms with Crippen molar-refractivity contribution in [3.63, 3.8) is 0 Å². The van der Waals surface area contributed by atoms with Gasteiger partial charge in [0.15, 0.2) is 0 Å². The van der Waals surface area contributed by atoms with Crippen molar-refractivity contribution in [3.05, 3.63) is 65.9 Å². The summed E-state index contributed by atoms with van der Waals surface area (Å²) in [5.41, 5.74) is 7.00. The number of aromatic nitrogens is 1. The van der Waals surface area contributed by atoms with Crippen LogP contribution in [0, 0.1) is 0 Å². The summed E-state index contributed by atoms with van der Waals surface area (Å²) in [7, 11) is 0. The van der Waals surface area contributed by atoms with Crippen LogP contribution in [0.5, 0.6) is 11.6 Å². The van der Waals surface area contributed by atoms with E-state index < -0.39 is 5.91 Å². The van der Waals surface area contributed by atoms with Gasteiger partial charge >= 0.3 is 0 Å². The Hall–Kier alpha value is -2.96. The number of hydrogen-bond acceptors (Lipinski definition) is 5. The molecule has 1 spiro atoms. The number of carbonyl (C=O) groups is 1. The minimum absolute atomic E-state index is 0.133. The highest BCUT2D eigenvalue weighted by Crippen LogP contribution is 2.41. The second-order valence-electron chi connectivity index (χ2n) is 8.60. The van der Waals surface area contributed by atoms with E-state index in [1.807, 2.05) is 18.2 Å². The molecule has 1 atom stereocenters. The molecule has 3 aromatic rings. The second kappa shape index (κ2) is 8.29. The average molecular weight is 418 g/mol. The van der Waals surface area contributed by atoms with Crippen LogP contribution in [0.25, 0.3) is 10.8 Å². The first kappa shape index (κ1) is 20.0. The van der Waals surface area contributed by atoms with Gasteiger partial charge in [-0.2, -0.15) is 0 Å². The molecule has 2 heterocycles. The Morgan fingerprint density at radius 1 is 1.13 bits per heavy atom. The van der Waals surface area contributed by atoms with Crippen LogP contribution in [0.3, 0.4) is 0 Å². The Morgan fingerprint density at radius 3 is 2.68 bits per heavy atom. The minimum atomic E-state index is -0.507. The smallest absolute Gasteiger partial charge is 0.250 e. The van der Waals surface area contributed by atoms with Gasteiger partial charge in [-0.25, -0.2) is 4.98 Å². The van der Waals surface area contributed by atoms with E-state index in [1.165, 1.54) is 37.4 Å². The number of ether oxygens (including phenoxy) is 2. The summed E-state index contributed by atoms with van der Waals surface area (Å²) in [5, 5.41) is 5.88. The van der Waals surface area contributed by atoms with E-state index >= 15 is 0 Å². The van der Waals surface area contributed by atoms with E-state index in [-0.39, 0.29) is 5.60 Å². The van der Waals surface area contributed by atoms with E-state index in [0.717, 1.165) is 36.1 Å². The molecular formula is C25H27N3O3. The van der Waals surface area contributed by atoms with Gasteiger partial charge in [-0.1, -0.05) is 43.2 Å². The van der Waals surface area contributed by atoms with E-state index in [4.69, 9.17) is 15.2 Å². The third-order valence-electron chi connectivity index (χ3n) is 6.51. The van der Waals surface area contributed by atoms with Crippen LogP contribution in [-0.2, 0) is 11.3 Å². The van der Waals surface area contributed by atoms with E-state index in [2.05, 4.69) is 28.5 Å². The maximum atomic E-state index is 11.2. The van der Waals surface area contributed by atoms with Crippen LogP contribution in [0.15, 0.2) is 54.7 Å². The summed E-state index contributed by atoms with van der Waals surface area (Å²) >= 11 is 0. The number of carbonyl (C=O) groups excluding carboxylic acids is 1. The number of benzene rings is 2. The lowest BCUT2D eigenvalue weighted by atomic mass is 9.96. The topological polar surface area (TPSA) is 86.5 Å². The molecule has 0 bridgehead atoms. The van der Waals surface area contributed by atoms with Gasteiger partial charge in [-0.3, -0.25) is 4.79 Å². The lowest BCUT2D eigenvalue weighted by Gasteiger charge is -2.21. The Morgan fingerprint density at radius 2 is 1.94 bits per heavy atom. The van der Waals surface area contributed by atoms with Crippen LogP contribution in [0.2, 0.25) is 0 Å². The zero-order valence-electron chi connectivity index (χ0n) is 17.5. The van der Waals surface area contributed by atoms with Crippen molar-refractivity contribution in [2.24, 2.45) is 5.73 Å². The van der Waals surface area contributed by atoms with Crippen molar-refractivity contribution < 1.29 is 14.3 Å². The minimum Gasteiger partial charge on any atom is -0.438 e. The molecule has 1 amide bonds. The number of rotatable bonds is 6. The first-order chi connectivity index (χ1) is 15.1. The SMILES string of the molecule is NC(=O)c1ccc(Oc2ccc(CNC3COC4(CCCC4)C3)c3ccccc23)nc1. The summed E-state index contributed by atoms with van der Waals surface area (Å²) in [4.78, 5) is 15.4. The average Bonchev–Trinajstić information content (AvgIpc) is 3.43. The van der Waals surface area contributed by atoms with Crippen LogP contribution in [-0.4, -0.2) is 29.1 Å². The standard InChI is InChI=1S/C25H27N3O3/c26-24(29)18-8-10-23(28-15-18)31-22-9-7-17(20-5-1-2-6-21(20)22)14-27-19-13-25(30-16-19)11-3-4-12-25/h1-2,5-10,15,19,27H,3-4,11-14,16H2,(H2,26,29). The summed E-state index contributed by atoms with van der Waals surface area (Å²) in [6.07, 6.45) is 7.53. The van der Waals surface area contributed by atoms with Gasteiger partial charge in [0.25, 0.3) is 0 Å². The van der Waals surface area contributed by atoms with Gasteiger partial charge in [0.1, 0.15) is 5.75 Å². The lowest BCUT2D eigenvalue weighted by molar-refractivity contribution is 0.00989. The first-order valence-corrected chi connectivity index (χ1v) is 10.9. The Kier molecular flexibility index (Phi) is 5.34. The number of amides is 1. The molecule has 1 saturated heterocycles. The summed E-state index contributed by atoms with van der Waals surface area (Å²) < 4.78 is 12.2. The number of nitrogens with two attached hydrogens (primary N) is 1. The van der Waals surface area contributed by atoms with E-state index in [9.17, 15) is 4.79 Å². The highest BCUT2D eigenvalue weighted by Gasteiger charge is 2.42. The number of fused-ring (bicyclic) bond motifs is 1. The lowest BCUT2D eigenvalue weighted by Crippen LogP contribution is -2.31. The van der Waals surface area contributed by atoms with Crippen molar-refractivity contribution in [2.45, 2.75) is 50.3 Å². The second-order valence-corrected chi connectivity index (χ2v) is 8.60. The number of pyridine rings is 1. The number of nitrogens with one attached hydrogen (secondary N) is 1. The predicted octanol–water partition coefficient (Wildman–Crippen LogP) is 4.32. The van der Waals surface area contributed by atoms with Crippen LogP contribution < -0.4 is 15.8 Å². The molecule has 2 aliphatic rings. The fraction of sp³-hybridized carbons (Fsp3) is 0.360.